The maximum Gasteiger partial charge on any atom is 0.319 e. The average Bonchev–Trinajstić information content (AvgIpc) is 2.65. The number of anilines is 1. The summed E-state index contributed by atoms with van der Waals surface area (Å²) in [5.74, 6) is 1.29. The van der Waals surface area contributed by atoms with E-state index < -0.39 is 0 Å². The number of amides is 2. The van der Waals surface area contributed by atoms with Crippen LogP contribution in [0.1, 0.15) is 18.7 Å². The zero-order valence-corrected chi connectivity index (χ0v) is 13.8. The number of pyridine rings is 1. The number of rotatable bonds is 5. The lowest BCUT2D eigenvalue weighted by Crippen LogP contribution is -2.31. The molecule has 0 bridgehead atoms. The van der Waals surface area contributed by atoms with Crippen molar-refractivity contribution in [2.24, 2.45) is 0 Å². The minimum absolute atomic E-state index is 0.205. The zero-order valence-electron chi connectivity index (χ0n) is 13.8. The van der Waals surface area contributed by atoms with Crippen molar-refractivity contribution in [3.8, 4) is 11.5 Å². The van der Waals surface area contributed by atoms with Gasteiger partial charge in [0, 0.05) is 6.20 Å². The highest BCUT2D eigenvalue weighted by molar-refractivity contribution is 5.91. The number of carbonyl (C=O) groups excluding carboxylic acids is 1. The van der Waals surface area contributed by atoms with Gasteiger partial charge in [-0.1, -0.05) is 36.4 Å². The van der Waals surface area contributed by atoms with Crippen molar-refractivity contribution in [1.29, 1.82) is 0 Å². The number of nitrogens with one attached hydrogen (secondary N) is 2. The summed E-state index contributed by atoms with van der Waals surface area (Å²) in [6.07, 6.45) is 1.70. The fourth-order valence-corrected chi connectivity index (χ4v) is 2.34. The van der Waals surface area contributed by atoms with Crippen LogP contribution in [0.5, 0.6) is 11.5 Å². The number of urea groups is 1. The van der Waals surface area contributed by atoms with Crippen LogP contribution >= 0.6 is 0 Å². The summed E-state index contributed by atoms with van der Waals surface area (Å²) in [6.45, 7) is 1.88. The molecular weight excluding hydrogens is 314 g/mol. The maximum atomic E-state index is 12.3. The predicted octanol–water partition coefficient (Wildman–Crippen LogP) is 4.76. The lowest BCUT2D eigenvalue weighted by Gasteiger charge is -2.16. The van der Waals surface area contributed by atoms with Crippen molar-refractivity contribution in [3.63, 3.8) is 0 Å². The molecule has 2 amide bonds. The summed E-state index contributed by atoms with van der Waals surface area (Å²) in [5, 5.41) is 5.70. The second-order valence-electron chi connectivity index (χ2n) is 5.49. The summed E-state index contributed by atoms with van der Waals surface area (Å²) in [7, 11) is 0. The molecule has 0 saturated heterocycles. The van der Waals surface area contributed by atoms with Crippen LogP contribution in [0.2, 0.25) is 0 Å². The van der Waals surface area contributed by atoms with E-state index in [9.17, 15) is 4.79 Å². The SMILES string of the molecule is CC(NC(=O)Nc1ccccc1Oc1ccccc1)c1ccccn1. The van der Waals surface area contributed by atoms with Crippen molar-refractivity contribution < 1.29 is 9.53 Å². The molecule has 2 aromatic carbocycles. The molecule has 1 aromatic heterocycles. The van der Waals surface area contributed by atoms with Crippen LogP contribution < -0.4 is 15.4 Å². The van der Waals surface area contributed by atoms with Gasteiger partial charge in [-0.2, -0.15) is 0 Å². The van der Waals surface area contributed by atoms with Gasteiger partial charge in [-0.25, -0.2) is 4.79 Å². The summed E-state index contributed by atoms with van der Waals surface area (Å²) < 4.78 is 5.85. The van der Waals surface area contributed by atoms with Crippen molar-refractivity contribution in [1.82, 2.24) is 10.3 Å². The Labute approximate surface area is 146 Å². The largest absolute Gasteiger partial charge is 0.455 e. The Morgan fingerprint density at radius 3 is 2.44 bits per heavy atom. The third-order valence-electron chi connectivity index (χ3n) is 3.59. The molecule has 0 aliphatic heterocycles. The number of para-hydroxylation sites is 3. The Morgan fingerprint density at radius 1 is 0.960 bits per heavy atom. The second kappa shape index (κ2) is 7.97. The Morgan fingerprint density at radius 2 is 1.68 bits per heavy atom. The molecule has 1 unspecified atom stereocenters. The van der Waals surface area contributed by atoms with Crippen LogP contribution in [0.3, 0.4) is 0 Å². The lowest BCUT2D eigenvalue weighted by molar-refractivity contribution is 0.249. The molecule has 1 heterocycles. The standard InChI is InChI=1S/C20H19N3O2/c1-15(17-11-7-8-14-21-17)22-20(24)23-18-12-5-6-13-19(18)25-16-9-3-2-4-10-16/h2-15H,1H3,(H2,22,23,24). The molecule has 0 radical (unpaired) electrons. The van der Waals surface area contributed by atoms with Crippen molar-refractivity contribution in [2.45, 2.75) is 13.0 Å². The summed E-state index contributed by atoms with van der Waals surface area (Å²) in [5.41, 5.74) is 1.39. The van der Waals surface area contributed by atoms with Gasteiger partial charge in [-0.05, 0) is 43.3 Å². The Hall–Kier alpha value is -3.34. The molecule has 5 heteroatoms. The van der Waals surface area contributed by atoms with E-state index in [0.717, 1.165) is 5.69 Å². The molecule has 3 aromatic rings. The first-order valence-electron chi connectivity index (χ1n) is 8.03. The summed E-state index contributed by atoms with van der Waals surface area (Å²) in [4.78, 5) is 16.5. The second-order valence-corrected chi connectivity index (χ2v) is 5.49. The molecule has 3 rings (SSSR count). The van der Waals surface area contributed by atoms with E-state index in [-0.39, 0.29) is 12.1 Å². The smallest absolute Gasteiger partial charge is 0.319 e. The van der Waals surface area contributed by atoms with Crippen LogP contribution in [0, 0.1) is 0 Å². The molecule has 5 nitrogen and oxygen atoms in total. The van der Waals surface area contributed by atoms with Gasteiger partial charge in [0.2, 0.25) is 0 Å². The van der Waals surface area contributed by atoms with Crippen LogP contribution in [0.4, 0.5) is 10.5 Å². The van der Waals surface area contributed by atoms with Crippen LogP contribution in [0.15, 0.2) is 79.0 Å². The van der Waals surface area contributed by atoms with Crippen LogP contribution in [0.25, 0.3) is 0 Å². The van der Waals surface area contributed by atoms with Gasteiger partial charge in [0.25, 0.3) is 0 Å². The van der Waals surface area contributed by atoms with Gasteiger partial charge < -0.3 is 15.4 Å². The number of hydrogen-bond donors (Lipinski definition) is 2. The van der Waals surface area contributed by atoms with Crippen LogP contribution in [-0.4, -0.2) is 11.0 Å². The summed E-state index contributed by atoms with van der Waals surface area (Å²) >= 11 is 0. The van der Waals surface area contributed by atoms with E-state index in [1.807, 2.05) is 73.7 Å². The minimum Gasteiger partial charge on any atom is -0.455 e. The molecule has 1 atom stereocenters. The molecular formula is C20H19N3O2. The summed E-state index contributed by atoms with van der Waals surface area (Å²) in [6, 6.07) is 21.8. The fourth-order valence-electron chi connectivity index (χ4n) is 2.34. The predicted molar refractivity (Wildman–Crippen MR) is 97.8 cm³/mol. The molecule has 25 heavy (non-hydrogen) atoms. The monoisotopic (exact) mass is 333 g/mol. The third kappa shape index (κ3) is 4.57. The molecule has 0 aliphatic carbocycles. The number of nitrogens with zero attached hydrogens (tertiary/aromatic N) is 1. The molecule has 0 fully saturated rings. The minimum atomic E-state index is -0.317. The van der Waals surface area contributed by atoms with E-state index in [1.165, 1.54) is 0 Å². The zero-order chi connectivity index (χ0) is 17.5. The fraction of sp³-hybridized carbons (Fsp3) is 0.100. The Balaban J connectivity index is 1.67. The van der Waals surface area contributed by atoms with Gasteiger partial charge in [0.1, 0.15) is 5.75 Å². The molecule has 0 saturated carbocycles. The third-order valence-corrected chi connectivity index (χ3v) is 3.59. The Bertz CT molecular complexity index is 823. The first-order chi connectivity index (χ1) is 12.2. The van der Waals surface area contributed by atoms with Gasteiger partial charge in [-0.15, -0.1) is 0 Å². The van der Waals surface area contributed by atoms with Gasteiger partial charge in [0.15, 0.2) is 5.75 Å². The molecule has 126 valence electrons. The van der Waals surface area contributed by atoms with Crippen LogP contribution in [-0.2, 0) is 0 Å². The van der Waals surface area contributed by atoms with Crippen molar-refractivity contribution in [2.75, 3.05) is 5.32 Å². The number of ether oxygens (including phenoxy) is 1. The van der Waals surface area contributed by atoms with Crippen molar-refractivity contribution >= 4 is 11.7 Å². The van der Waals surface area contributed by atoms with E-state index in [2.05, 4.69) is 15.6 Å². The first kappa shape index (κ1) is 16.5. The van der Waals surface area contributed by atoms with Gasteiger partial charge in [-0.3, -0.25) is 4.98 Å². The highest BCUT2D eigenvalue weighted by atomic mass is 16.5. The van der Waals surface area contributed by atoms with E-state index >= 15 is 0 Å². The number of carbonyl (C=O) groups is 1. The van der Waals surface area contributed by atoms with E-state index in [0.29, 0.717) is 17.2 Å². The van der Waals surface area contributed by atoms with Gasteiger partial charge in [0.05, 0.1) is 17.4 Å². The molecule has 2 N–H and O–H groups in total. The quantitative estimate of drug-likeness (QED) is 0.708. The highest BCUT2D eigenvalue weighted by Gasteiger charge is 2.12. The topological polar surface area (TPSA) is 63.2 Å². The Kier molecular flexibility index (Phi) is 5.26. The molecule has 0 spiro atoms. The normalized spacial score (nSPS) is 11.4. The highest BCUT2D eigenvalue weighted by Crippen LogP contribution is 2.29. The molecule has 0 aliphatic rings. The lowest BCUT2D eigenvalue weighted by atomic mass is 10.2. The average molecular weight is 333 g/mol. The van der Waals surface area contributed by atoms with E-state index in [1.54, 1.807) is 12.3 Å². The number of hydrogen-bond acceptors (Lipinski definition) is 3. The number of benzene rings is 2. The maximum absolute atomic E-state index is 12.3. The van der Waals surface area contributed by atoms with E-state index in [4.69, 9.17) is 4.74 Å². The van der Waals surface area contributed by atoms with Gasteiger partial charge >= 0.3 is 6.03 Å². The number of aromatic nitrogens is 1. The van der Waals surface area contributed by atoms with Crippen molar-refractivity contribution in [3.05, 3.63) is 84.7 Å². The first-order valence-corrected chi connectivity index (χ1v) is 8.03.